The van der Waals surface area contributed by atoms with E-state index in [4.69, 9.17) is 5.11 Å². The number of aryl methyl sites for hydroxylation is 1. The quantitative estimate of drug-likeness (QED) is 0.710. The third-order valence-corrected chi connectivity index (χ3v) is 4.35. The summed E-state index contributed by atoms with van der Waals surface area (Å²) in [6, 6.07) is 8.16. The molecule has 0 atom stereocenters. The number of carbonyl (C=O) groups is 1. The molecule has 3 rings (SSSR count). The van der Waals surface area contributed by atoms with Crippen LogP contribution in [0.5, 0.6) is 0 Å². The molecule has 0 aliphatic heterocycles. The van der Waals surface area contributed by atoms with Crippen molar-refractivity contribution in [3.05, 3.63) is 56.7 Å². The third kappa shape index (κ3) is 2.96. The summed E-state index contributed by atoms with van der Waals surface area (Å²) in [5, 5.41) is 9.01. The van der Waals surface area contributed by atoms with Gasteiger partial charge in [0, 0.05) is 18.8 Å². The Kier molecular flexibility index (Phi) is 4.79. The first-order valence-electron chi connectivity index (χ1n) is 8.68. The molecule has 2 N–H and O–H groups in total. The molecule has 2 heterocycles. The van der Waals surface area contributed by atoms with Crippen LogP contribution in [0, 0.1) is 0 Å². The lowest BCUT2D eigenvalue weighted by atomic mass is 10.1. The molecular formula is C19H21N3O4. The Labute approximate surface area is 149 Å². The zero-order valence-corrected chi connectivity index (χ0v) is 14.8. The molecular weight excluding hydrogens is 334 g/mol. The topological polar surface area (TPSA) is 97.1 Å². The Bertz CT molecular complexity index is 1070. The summed E-state index contributed by atoms with van der Waals surface area (Å²) in [5.74, 6) is -0.993. The van der Waals surface area contributed by atoms with Crippen LogP contribution in [0.3, 0.4) is 0 Å². The molecule has 0 radical (unpaired) electrons. The van der Waals surface area contributed by atoms with Crippen LogP contribution in [0.25, 0.3) is 22.3 Å². The molecule has 0 unspecified atom stereocenters. The molecule has 0 saturated carbocycles. The maximum atomic E-state index is 12.7. The summed E-state index contributed by atoms with van der Waals surface area (Å²) in [4.78, 5) is 39.5. The van der Waals surface area contributed by atoms with E-state index in [0.29, 0.717) is 36.2 Å². The molecule has 1 aromatic carbocycles. The first-order chi connectivity index (χ1) is 12.5. The van der Waals surface area contributed by atoms with Gasteiger partial charge in [-0.15, -0.1) is 0 Å². The van der Waals surface area contributed by atoms with Crippen LogP contribution in [0.4, 0.5) is 0 Å². The molecule has 7 nitrogen and oxygen atoms in total. The van der Waals surface area contributed by atoms with Gasteiger partial charge in [0.05, 0.1) is 11.1 Å². The summed E-state index contributed by atoms with van der Waals surface area (Å²) in [6.07, 6.45) is 1.46. The van der Waals surface area contributed by atoms with E-state index in [2.05, 4.69) is 4.98 Å². The number of aromatic amines is 1. The van der Waals surface area contributed by atoms with Crippen LogP contribution in [0.1, 0.15) is 37.0 Å². The number of H-pyrrole nitrogens is 1. The van der Waals surface area contributed by atoms with Crippen molar-refractivity contribution in [1.29, 1.82) is 0 Å². The fourth-order valence-electron chi connectivity index (χ4n) is 3.10. The van der Waals surface area contributed by atoms with E-state index in [-0.39, 0.29) is 16.8 Å². The normalized spacial score (nSPS) is 11.2. The zero-order chi connectivity index (χ0) is 18.8. The fraction of sp³-hybridized carbons (Fsp3) is 0.316. The van der Waals surface area contributed by atoms with Gasteiger partial charge in [-0.05, 0) is 36.6 Å². The number of carboxylic acid groups (broad SMARTS) is 1. The van der Waals surface area contributed by atoms with E-state index < -0.39 is 5.97 Å². The van der Waals surface area contributed by atoms with Gasteiger partial charge in [-0.25, -0.2) is 9.59 Å². The van der Waals surface area contributed by atoms with Crippen LogP contribution in [-0.2, 0) is 13.1 Å². The Balaban J connectivity index is 2.22. The van der Waals surface area contributed by atoms with E-state index in [1.165, 1.54) is 16.7 Å². The second-order valence-electron chi connectivity index (χ2n) is 6.22. The summed E-state index contributed by atoms with van der Waals surface area (Å²) in [7, 11) is 0. The van der Waals surface area contributed by atoms with Gasteiger partial charge in [-0.1, -0.05) is 26.0 Å². The highest BCUT2D eigenvalue weighted by molar-refractivity contribution is 5.89. The predicted octanol–water partition coefficient (Wildman–Crippen LogP) is 2.68. The van der Waals surface area contributed by atoms with Crippen molar-refractivity contribution in [2.24, 2.45) is 0 Å². The summed E-state index contributed by atoms with van der Waals surface area (Å²) >= 11 is 0. The standard InChI is InChI=1S/C19H21N3O4/c1-3-9-21-15-11-14(12-5-7-13(8-6-12)18(24)25)20-16(15)17(23)22(10-4-2)19(21)26/h5-8,11,20H,3-4,9-10H2,1-2H3,(H,24,25). The van der Waals surface area contributed by atoms with E-state index in [9.17, 15) is 14.4 Å². The first-order valence-corrected chi connectivity index (χ1v) is 8.68. The van der Waals surface area contributed by atoms with Gasteiger partial charge in [0.1, 0.15) is 5.52 Å². The van der Waals surface area contributed by atoms with Gasteiger partial charge < -0.3 is 10.1 Å². The van der Waals surface area contributed by atoms with E-state index in [0.717, 1.165) is 12.0 Å². The minimum absolute atomic E-state index is 0.193. The fourth-order valence-corrected chi connectivity index (χ4v) is 3.10. The molecule has 0 bridgehead atoms. The minimum atomic E-state index is -0.993. The molecule has 0 aliphatic rings. The molecule has 3 aromatic rings. The van der Waals surface area contributed by atoms with Crippen LogP contribution in [0.15, 0.2) is 39.9 Å². The van der Waals surface area contributed by atoms with Crippen LogP contribution in [0.2, 0.25) is 0 Å². The highest BCUT2D eigenvalue weighted by Crippen LogP contribution is 2.22. The Morgan fingerprint density at radius 1 is 1.04 bits per heavy atom. The maximum absolute atomic E-state index is 12.7. The number of hydrogen-bond donors (Lipinski definition) is 2. The number of carboxylic acids is 1. The van der Waals surface area contributed by atoms with E-state index in [1.807, 2.05) is 13.8 Å². The molecule has 136 valence electrons. The van der Waals surface area contributed by atoms with Crippen molar-refractivity contribution in [2.75, 3.05) is 0 Å². The predicted molar refractivity (Wildman–Crippen MR) is 99.8 cm³/mol. The number of nitrogens with one attached hydrogen (secondary N) is 1. The zero-order valence-electron chi connectivity index (χ0n) is 14.8. The van der Waals surface area contributed by atoms with Crippen molar-refractivity contribution in [2.45, 2.75) is 39.8 Å². The number of rotatable bonds is 6. The summed E-state index contributed by atoms with van der Waals surface area (Å²) in [5.41, 5.74) is 1.97. The number of fused-ring (bicyclic) bond motifs is 1. The van der Waals surface area contributed by atoms with E-state index in [1.54, 1.807) is 22.8 Å². The molecule has 7 heteroatoms. The Hall–Kier alpha value is -3.09. The minimum Gasteiger partial charge on any atom is -0.478 e. The summed E-state index contributed by atoms with van der Waals surface area (Å²) < 4.78 is 2.89. The van der Waals surface area contributed by atoms with Crippen molar-refractivity contribution in [3.63, 3.8) is 0 Å². The van der Waals surface area contributed by atoms with Crippen LogP contribution in [-0.4, -0.2) is 25.2 Å². The lowest BCUT2D eigenvalue weighted by Crippen LogP contribution is -2.39. The molecule has 26 heavy (non-hydrogen) atoms. The third-order valence-electron chi connectivity index (χ3n) is 4.35. The van der Waals surface area contributed by atoms with Crippen molar-refractivity contribution < 1.29 is 9.90 Å². The molecule has 0 spiro atoms. The average Bonchev–Trinajstić information content (AvgIpc) is 3.08. The van der Waals surface area contributed by atoms with Crippen molar-refractivity contribution >= 4 is 17.0 Å². The lowest BCUT2D eigenvalue weighted by Gasteiger charge is -2.10. The monoisotopic (exact) mass is 355 g/mol. The SMILES string of the molecule is CCCn1c(=O)c2[nH]c(-c3ccc(C(=O)O)cc3)cc2n(CCC)c1=O. The van der Waals surface area contributed by atoms with E-state index >= 15 is 0 Å². The van der Waals surface area contributed by atoms with Gasteiger partial charge in [-0.3, -0.25) is 13.9 Å². The first kappa shape index (κ1) is 17.7. The number of nitrogens with zero attached hydrogens (tertiary/aromatic N) is 2. The van der Waals surface area contributed by atoms with Crippen molar-refractivity contribution in [1.82, 2.24) is 14.1 Å². The second-order valence-corrected chi connectivity index (χ2v) is 6.22. The average molecular weight is 355 g/mol. The maximum Gasteiger partial charge on any atom is 0.335 e. The van der Waals surface area contributed by atoms with Gasteiger partial charge in [-0.2, -0.15) is 0 Å². The molecule has 0 amide bonds. The molecule has 2 aromatic heterocycles. The molecule has 0 fully saturated rings. The smallest absolute Gasteiger partial charge is 0.335 e. The van der Waals surface area contributed by atoms with Gasteiger partial charge in [0.15, 0.2) is 0 Å². The highest BCUT2D eigenvalue weighted by Gasteiger charge is 2.16. The van der Waals surface area contributed by atoms with Crippen molar-refractivity contribution in [3.8, 4) is 11.3 Å². The lowest BCUT2D eigenvalue weighted by molar-refractivity contribution is 0.0697. The number of aromatic carboxylic acids is 1. The molecule has 0 saturated heterocycles. The van der Waals surface area contributed by atoms with Gasteiger partial charge in [0.25, 0.3) is 5.56 Å². The Morgan fingerprint density at radius 2 is 1.65 bits per heavy atom. The Morgan fingerprint density at radius 3 is 2.23 bits per heavy atom. The second kappa shape index (κ2) is 7.03. The summed E-state index contributed by atoms with van der Waals surface area (Å²) in [6.45, 7) is 4.80. The number of aromatic nitrogens is 3. The van der Waals surface area contributed by atoms with Gasteiger partial charge in [0.2, 0.25) is 0 Å². The van der Waals surface area contributed by atoms with Crippen LogP contribution >= 0.6 is 0 Å². The number of benzene rings is 1. The number of hydrogen-bond acceptors (Lipinski definition) is 3. The van der Waals surface area contributed by atoms with Crippen LogP contribution < -0.4 is 11.2 Å². The van der Waals surface area contributed by atoms with Gasteiger partial charge >= 0.3 is 11.7 Å². The molecule has 0 aliphatic carbocycles. The highest BCUT2D eigenvalue weighted by atomic mass is 16.4. The largest absolute Gasteiger partial charge is 0.478 e.